The van der Waals surface area contributed by atoms with Gasteiger partial charge in [-0.3, -0.25) is 14.4 Å². The lowest BCUT2D eigenvalue weighted by Crippen LogP contribution is -2.30. The summed E-state index contributed by atoms with van der Waals surface area (Å²) in [7, 11) is 0. The van der Waals surface area contributed by atoms with Crippen LogP contribution in [0.5, 0.6) is 0 Å². The number of rotatable bonds is 47. The number of allylic oxidation sites excluding steroid dienone is 6. The molecule has 0 rings (SSSR count). The molecule has 350 valence electrons. The summed E-state index contributed by atoms with van der Waals surface area (Å²) in [5.41, 5.74) is 0. The molecule has 0 N–H and O–H groups in total. The number of hydrogen-bond acceptors (Lipinski definition) is 6. The average Bonchev–Trinajstić information content (AvgIpc) is 3.24. The van der Waals surface area contributed by atoms with Crippen LogP contribution in [0.1, 0.15) is 271 Å². The summed E-state index contributed by atoms with van der Waals surface area (Å²) in [5.74, 6) is -0.892. The molecule has 0 aromatic rings. The van der Waals surface area contributed by atoms with E-state index in [1.807, 2.05) is 0 Å². The minimum Gasteiger partial charge on any atom is -0.462 e. The van der Waals surface area contributed by atoms with Crippen LogP contribution in [0.15, 0.2) is 36.5 Å². The van der Waals surface area contributed by atoms with Crippen LogP contribution in [0.3, 0.4) is 0 Å². The molecule has 0 saturated heterocycles. The highest BCUT2D eigenvalue weighted by atomic mass is 16.6. The molecule has 0 amide bonds. The molecular weight excluding hydrogens is 745 g/mol. The van der Waals surface area contributed by atoms with E-state index in [4.69, 9.17) is 14.2 Å². The first kappa shape index (κ1) is 57.6. The second-order valence-electron chi connectivity index (χ2n) is 17.4. The standard InChI is InChI=1S/C54H98O6/c1-4-7-10-13-16-19-22-25-27-30-32-35-38-41-44-47-53(56)59-50-51(49-58-52(55)46-43-40-37-34-31-28-24-21-18-15-12-9-6-3)60-54(57)48-45-42-39-36-33-29-26-23-20-17-14-11-8-5-2/h19,21-24,26,51H,4-18,20,25,27-50H2,1-3H3/b22-19+,24-21+,26-23+/t51-/m1/s1. The number of carbonyl (C=O) groups excluding carboxylic acids is 3. The highest BCUT2D eigenvalue weighted by Gasteiger charge is 2.19. The Bertz CT molecular complexity index is 1020. The Labute approximate surface area is 372 Å². The molecule has 0 saturated carbocycles. The lowest BCUT2D eigenvalue weighted by atomic mass is 10.1. The Kier molecular flexibility index (Phi) is 47.3. The number of carbonyl (C=O) groups is 3. The van der Waals surface area contributed by atoms with Crippen molar-refractivity contribution in [3.05, 3.63) is 36.5 Å². The molecule has 6 heteroatoms. The van der Waals surface area contributed by atoms with Gasteiger partial charge < -0.3 is 14.2 Å². The van der Waals surface area contributed by atoms with Crippen LogP contribution in [0, 0.1) is 0 Å². The van der Waals surface area contributed by atoms with E-state index in [1.54, 1.807) is 0 Å². The fraction of sp³-hybridized carbons (Fsp3) is 0.833. The Morgan fingerprint density at radius 2 is 0.550 bits per heavy atom. The number of hydrogen-bond donors (Lipinski definition) is 0. The highest BCUT2D eigenvalue weighted by molar-refractivity contribution is 5.71. The molecular formula is C54H98O6. The Morgan fingerprint density at radius 3 is 0.850 bits per heavy atom. The molecule has 0 bridgehead atoms. The smallest absolute Gasteiger partial charge is 0.306 e. The molecule has 0 aliphatic carbocycles. The first-order chi connectivity index (χ1) is 29.5. The third-order valence-corrected chi connectivity index (χ3v) is 11.3. The van der Waals surface area contributed by atoms with Gasteiger partial charge in [0.2, 0.25) is 0 Å². The first-order valence-corrected chi connectivity index (χ1v) is 26.0. The van der Waals surface area contributed by atoms with Crippen molar-refractivity contribution in [2.24, 2.45) is 0 Å². The van der Waals surface area contributed by atoms with Gasteiger partial charge in [0, 0.05) is 19.3 Å². The molecule has 0 spiro atoms. The van der Waals surface area contributed by atoms with E-state index in [-0.39, 0.29) is 31.1 Å². The van der Waals surface area contributed by atoms with Gasteiger partial charge in [0.1, 0.15) is 13.2 Å². The van der Waals surface area contributed by atoms with Crippen LogP contribution < -0.4 is 0 Å². The zero-order valence-electron chi connectivity index (χ0n) is 40.0. The van der Waals surface area contributed by atoms with Crippen LogP contribution in [-0.2, 0) is 28.6 Å². The van der Waals surface area contributed by atoms with Crippen molar-refractivity contribution in [1.82, 2.24) is 0 Å². The fourth-order valence-corrected chi connectivity index (χ4v) is 7.37. The summed E-state index contributed by atoms with van der Waals surface area (Å²) in [5, 5.41) is 0. The van der Waals surface area contributed by atoms with E-state index >= 15 is 0 Å². The third kappa shape index (κ3) is 46.7. The molecule has 0 aromatic carbocycles. The zero-order valence-corrected chi connectivity index (χ0v) is 40.0. The minimum absolute atomic E-state index is 0.0789. The van der Waals surface area contributed by atoms with E-state index in [9.17, 15) is 14.4 Å². The maximum Gasteiger partial charge on any atom is 0.306 e. The molecule has 0 aliphatic heterocycles. The number of unbranched alkanes of at least 4 members (excludes halogenated alkanes) is 30. The van der Waals surface area contributed by atoms with E-state index < -0.39 is 6.10 Å². The van der Waals surface area contributed by atoms with E-state index in [0.717, 1.165) is 77.0 Å². The second-order valence-corrected chi connectivity index (χ2v) is 17.4. The van der Waals surface area contributed by atoms with Gasteiger partial charge >= 0.3 is 17.9 Å². The van der Waals surface area contributed by atoms with Crippen LogP contribution >= 0.6 is 0 Å². The first-order valence-electron chi connectivity index (χ1n) is 26.0. The lowest BCUT2D eigenvalue weighted by molar-refractivity contribution is -0.167. The van der Waals surface area contributed by atoms with Gasteiger partial charge in [0.25, 0.3) is 0 Å². The summed E-state index contributed by atoms with van der Waals surface area (Å²) in [6.07, 6.45) is 56.9. The third-order valence-electron chi connectivity index (χ3n) is 11.3. The van der Waals surface area contributed by atoms with Gasteiger partial charge in [-0.05, 0) is 96.3 Å². The maximum absolute atomic E-state index is 12.8. The second kappa shape index (κ2) is 49.3. The molecule has 0 radical (unpaired) electrons. The van der Waals surface area contributed by atoms with Crippen molar-refractivity contribution in [3.63, 3.8) is 0 Å². The summed E-state index contributed by atoms with van der Waals surface area (Å²) < 4.78 is 16.8. The summed E-state index contributed by atoms with van der Waals surface area (Å²) in [6, 6.07) is 0. The van der Waals surface area contributed by atoms with Gasteiger partial charge in [0.15, 0.2) is 6.10 Å². The molecule has 0 unspecified atom stereocenters. The average molecular weight is 843 g/mol. The van der Waals surface area contributed by atoms with Gasteiger partial charge in [-0.1, -0.05) is 192 Å². The topological polar surface area (TPSA) is 78.9 Å². The molecule has 0 aliphatic rings. The molecule has 0 heterocycles. The Hall–Kier alpha value is -2.37. The van der Waals surface area contributed by atoms with Crippen molar-refractivity contribution in [2.75, 3.05) is 13.2 Å². The van der Waals surface area contributed by atoms with E-state index in [0.29, 0.717) is 19.3 Å². The minimum atomic E-state index is -0.778. The van der Waals surface area contributed by atoms with Crippen LogP contribution in [-0.4, -0.2) is 37.2 Å². The molecule has 0 aromatic heterocycles. The normalized spacial score (nSPS) is 12.2. The van der Waals surface area contributed by atoms with Crippen molar-refractivity contribution in [2.45, 2.75) is 277 Å². The lowest BCUT2D eigenvalue weighted by Gasteiger charge is -2.18. The zero-order chi connectivity index (χ0) is 43.7. The Morgan fingerprint density at radius 1 is 0.317 bits per heavy atom. The number of esters is 3. The van der Waals surface area contributed by atoms with Crippen LogP contribution in [0.4, 0.5) is 0 Å². The van der Waals surface area contributed by atoms with Gasteiger partial charge in [-0.2, -0.15) is 0 Å². The van der Waals surface area contributed by atoms with E-state index in [1.165, 1.54) is 154 Å². The quantitative estimate of drug-likeness (QED) is 0.0263. The van der Waals surface area contributed by atoms with Crippen molar-refractivity contribution in [1.29, 1.82) is 0 Å². The van der Waals surface area contributed by atoms with Crippen LogP contribution in [0.2, 0.25) is 0 Å². The number of ether oxygens (including phenoxy) is 3. The molecule has 6 nitrogen and oxygen atoms in total. The SMILES string of the molecule is CCCCCC/C=C/CCCCCCCCCC(=O)OC[C@@H](COC(=O)CCCCCCC/C=C/CCCCCC)OC(=O)CCCCCCC/C=C/CCCCCCC. The van der Waals surface area contributed by atoms with Crippen molar-refractivity contribution < 1.29 is 28.6 Å². The highest BCUT2D eigenvalue weighted by Crippen LogP contribution is 2.14. The monoisotopic (exact) mass is 843 g/mol. The Balaban J connectivity index is 4.39. The van der Waals surface area contributed by atoms with Gasteiger partial charge in [0.05, 0.1) is 0 Å². The summed E-state index contributed by atoms with van der Waals surface area (Å²) >= 11 is 0. The van der Waals surface area contributed by atoms with Crippen LogP contribution in [0.25, 0.3) is 0 Å². The van der Waals surface area contributed by atoms with E-state index in [2.05, 4.69) is 57.2 Å². The maximum atomic E-state index is 12.8. The summed E-state index contributed by atoms with van der Waals surface area (Å²) in [6.45, 7) is 6.60. The molecule has 60 heavy (non-hydrogen) atoms. The van der Waals surface area contributed by atoms with Gasteiger partial charge in [-0.25, -0.2) is 0 Å². The van der Waals surface area contributed by atoms with Crippen molar-refractivity contribution >= 4 is 17.9 Å². The summed E-state index contributed by atoms with van der Waals surface area (Å²) in [4.78, 5) is 37.9. The molecule has 1 atom stereocenters. The van der Waals surface area contributed by atoms with Gasteiger partial charge in [-0.15, -0.1) is 0 Å². The molecule has 0 fully saturated rings. The van der Waals surface area contributed by atoms with Crippen molar-refractivity contribution in [3.8, 4) is 0 Å². The fourth-order valence-electron chi connectivity index (χ4n) is 7.37. The predicted octanol–water partition coefficient (Wildman–Crippen LogP) is 16.9. The predicted molar refractivity (Wildman–Crippen MR) is 256 cm³/mol. The largest absolute Gasteiger partial charge is 0.462 e.